The summed E-state index contributed by atoms with van der Waals surface area (Å²) in [5.74, 6) is 0.0698. The lowest BCUT2D eigenvalue weighted by Crippen LogP contribution is -2.47. The molecule has 1 aromatic carbocycles. The molecule has 15 heavy (non-hydrogen) atoms. The largest absolute Gasteiger partial charge is 0.398 e. The quantitative estimate of drug-likeness (QED) is 0.657. The molecule has 1 aliphatic rings. The Morgan fingerprint density at radius 3 is 2.93 bits per heavy atom. The number of carbonyl (C=O) groups is 1. The number of hydrogen-bond acceptors (Lipinski definition) is 3. The number of nitrogens with zero attached hydrogens (tertiary/aromatic N) is 1. The molecule has 4 heteroatoms. The molecule has 4 nitrogen and oxygen atoms in total. The second kappa shape index (κ2) is 3.81. The summed E-state index contributed by atoms with van der Waals surface area (Å²) in [6, 6.07) is 5.91. The Kier molecular flexibility index (Phi) is 2.49. The van der Waals surface area contributed by atoms with E-state index in [1.807, 2.05) is 30.0 Å². The molecule has 1 heterocycles. The van der Waals surface area contributed by atoms with Gasteiger partial charge in [0.15, 0.2) is 0 Å². The van der Waals surface area contributed by atoms with Crippen molar-refractivity contribution >= 4 is 17.3 Å². The number of nitrogens with two attached hydrogens (primary N) is 1. The average Bonchev–Trinajstić information content (AvgIpc) is 2.22. The summed E-state index contributed by atoms with van der Waals surface area (Å²) >= 11 is 0. The summed E-state index contributed by atoms with van der Waals surface area (Å²) in [5.41, 5.74) is 8.70. The van der Waals surface area contributed by atoms with Gasteiger partial charge in [-0.05, 0) is 24.6 Å². The molecule has 1 aromatic rings. The van der Waals surface area contributed by atoms with E-state index in [1.165, 1.54) is 0 Å². The van der Waals surface area contributed by atoms with Gasteiger partial charge in [0.05, 0.1) is 6.54 Å². The van der Waals surface area contributed by atoms with E-state index in [9.17, 15) is 4.79 Å². The van der Waals surface area contributed by atoms with Crippen LogP contribution >= 0.6 is 0 Å². The highest BCUT2D eigenvalue weighted by Crippen LogP contribution is 2.21. The standard InChI is InChI=1S/C11H15N3O/c1-8-2-3-9(6-10(8)12)14-5-4-13-11(15)7-14/h2-3,6H,4-5,7,12H2,1H3,(H,13,15). The fraction of sp³-hybridized carbons (Fsp3) is 0.364. The van der Waals surface area contributed by atoms with Crippen molar-refractivity contribution in [3.8, 4) is 0 Å². The molecule has 0 atom stereocenters. The van der Waals surface area contributed by atoms with Crippen molar-refractivity contribution in [2.24, 2.45) is 0 Å². The van der Waals surface area contributed by atoms with Crippen LogP contribution in [0.2, 0.25) is 0 Å². The number of anilines is 2. The molecule has 0 radical (unpaired) electrons. The molecular weight excluding hydrogens is 190 g/mol. The molecular formula is C11H15N3O. The zero-order valence-corrected chi connectivity index (χ0v) is 8.79. The molecule has 3 N–H and O–H groups in total. The fourth-order valence-electron chi connectivity index (χ4n) is 1.68. The monoisotopic (exact) mass is 205 g/mol. The fourth-order valence-corrected chi connectivity index (χ4v) is 1.68. The van der Waals surface area contributed by atoms with Crippen LogP contribution in [-0.2, 0) is 4.79 Å². The van der Waals surface area contributed by atoms with Crippen LogP contribution in [-0.4, -0.2) is 25.5 Å². The van der Waals surface area contributed by atoms with Gasteiger partial charge in [-0.3, -0.25) is 4.79 Å². The predicted octanol–water partition coefficient (Wildman–Crippen LogP) is 0.513. The Bertz CT molecular complexity index is 389. The molecule has 0 spiro atoms. The van der Waals surface area contributed by atoms with Crippen molar-refractivity contribution in [2.75, 3.05) is 30.3 Å². The van der Waals surface area contributed by atoms with Crippen molar-refractivity contribution in [2.45, 2.75) is 6.92 Å². The molecule has 0 aromatic heterocycles. The summed E-state index contributed by atoms with van der Waals surface area (Å²) in [4.78, 5) is 13.3. The Hall–Kier alpha value is -1.71. The molecule has 0 bridgehead atoms. The van der Waals surface area contributed by atoms with E-state index in [4.69, 9.17) is 5.73 Å². The number of nitrogens with one attached hydrogen (secondary N) is 1. The molecule has 80 valence electrons. The summed E-state index contributed by atoms with van der Waals surface area (Å²) in [5, 5.41) is 2.80. The first-order valence-electron chi connectivity index (χ1n) is 5.04. The second-order valence-corrected chi connectivity index (χ2v) is 3.81. The summed E-state index contributed by atoms with van der Waals surface area (Å²) in [6.45, 7) is 3.94. The summed E-state index contributed by atoms with van der Waals surface area (Å²) < 4.78 is 0. The number of hydrogen-bond donors (Lipinski definition) is 2. The number of carbonyl (C=O) groups excluding carboxylic acids is 1. The topological polar surface area (TPSA) is 58.4 Å². The summed E-state index contributed by atoms with van der Waals surface area (Å²) in [6.07, 6.45) is 0. The Morgan fingerprint density at radius 2 is 2.27 bits per heavy atom. The van der Waals surface area contributed by atoms with E-state index in [-0.39, 0.29) is 5.91 Å². The maximum absolute atomic E-state index is 11.2. The molecule has 0 aliphatic carbocycles. The van der Waals surface area contributed by atoms with Crippen LogP contribution in [0, 0.1) is 6.92 Å². The second-order valence-electron chi connectivity index (χ2n) is 3.81. The Labute approximate surface area is 89.1 Å². The smallest absolute Gasteiger partial charge is 0.239 e. The van der Waals surface area contributed by atoms with Gasteiger partial charge < -0.3 is 16.0 Å². The minimum Gasteiger partial charge on any atom is -0.398 e. The lowest BCUT2D eigenvalue weighted by atomic mass is 10.1. The predicted molar refractivity (Wildman–Crippen MR) is 60.8 cm³/mol. The Morgan fingerprint density at radius 1 is 1.47 bits per heavy atom. The lowest BCUT2D eigenvalue weighted by Gasteiger charge is -2.28. The molecule has 1 amide bonds. The molecule has 1 aliphatic heterocycles. The zero-order chi connectivity index (χ0) is 10.8. The van der Waals surface area contributed by atoms with Gasteiger partial charge in [-0.1, -0.05) is 6.07 Å². The number of amides is 1. The van der Waals surface area contributed by atoms with Crippen LogP contribution in [0.25, 0.3) is 0 Å². The van der Waals surface area contributed by atoms with Gasteiger partial charge in [0.2, 0.25) is 5.91 Å². The number of nitrogen functional groups attached to an aromatic ring is 1. The third-order valence-electron chi connectivity index (χ3n) is 2.67. The van der Waals surface area contributed by atoms with Gasteiger partial charge in [0.1, 0.15) is 0 Å². The maximum Gasteiger partial charge on any atom is 0.239 e. The number of aryl methyl sites for hydroxylation is 1. The first kappa shape index (κ1) is 9.83. The van der Waals surface area contributed by atoms with E-state index < -0.39 is 0 Å². The minimum absolute atomic E-state index is 0.0698. The highest BCUT2D eigenvalue weighted by molar-refractivity contribution is 5.82. The molecule has 1 saturated heterocycles. The third kappa shape index (κ3) is 2.03. The van der Waals surface area contributed by atoms with Crippen LogP contribution < -0.4 is 16.0 Å². The first-order chi connectivity index (χ1) is 7.16. The van der Waals surface area contributed by atoms with Gasteiger partial charge >= 0.3 is 0 Å². The lowest BCUT2D eigenvalue weighted by molar-refractivity contribution is -0.120. The van der Waals surface area contributed by atoms with Crippen molar-refractivity contribution in [3.63, 3.8) is 0 Å². The van der Waals surface area contributed by atoms with E-state index in [0.717, 1.165) is 23.5 Å². The highest BCUT2D eigenvalue weighted by atomic mass is 16.2. The first-order valence-corrected chi connectivity index (χ1v) is 5.04. The van der Waals surface area contributed by atoms with E-state index >= 15 is 0 Å². The Balaban J connectivity index is 2.21. The van der Waals surface area contributed by atoms with Crippen molar-refractivity contribution in [3.05, 3.63) is 23.8 Å². The van der Waals surface area contributed by atoms with Gasteiger partial charge in [-0.25, -0.2) is 0 Å². The molecule has 1 fully saturated rings. The molecule has 0 saturated carbocycles. The van der Waals surface area contributed by atoms with Gasteiger partial charge in [-0.2, -0.15) is 0 Å². The van der Waals surface area contributed by atoms with Crippen molar-refractivity contribution in [1.29, 1.82) is 0 Å². The van der Waals surface area contributed by atoms with Crippen LogP contribution in [0.15, 0.2) is 18.2 Å². The van der Waals surface area contributed by atoms with Gasteiger partial charge in [-0.15, -0.1) is 0 Å². The average molecular weight is 205 g/mol. The van der Waals surface area contributed by atoms with E-state index in [1.54, 1.807) is 0 Å². The zero-order valence-electron chi connectivity index (χ0n) is 8.79. The van der Waals surface area contributed by atoms with Crippen molar-refractivity contribution in [1.82, 2.24) is 5.32 Å². The maximum atomic E-state index is 11.2. The SMILES string of the molecule is Cc1ccc(N2CCNC(=O)C2)cc1N. The van der Waals surface area contributed by atoms with Crippen LogP contribution in [0.1, 0.15) is 5.56 Å². The van der Waals surface area contributed by atoms with Crippen molar-refractivity contribution < 1.29 is 4.79 Å². The molecule has 0 unspecified atom stereocenters. The summed E-state index contributed by atoms with van der Waals surface area (Å²) in [7, 11) is 0. The van der Waals surface area contributed by atoms with Gasteiger partial charge in [0.25, 0.3) is 0 Å². The van der Waals surface area contributed by atoms with Gasteiger partial charge in [0, 0.05) is 24.5 Å². The van der Waals surface area contributed by atoms with Crippen LogP contribution in [0.3, 0.4) is 0 Å². The normalized spacial score (nSPS) is 16.3. The van der Waals surface area contributed by atoms with E-state index in [0.29, 0.717) is 13.1 Å². The van der Waals surface area contributed by atoms with E-state index in [2.05, 4.69) is 5.32 Å². The number of benzene rings is 1. The highest BCUT2D eigenvalue weighted by Gasteiger charge is 2.16. The van der Waals surface area contributed by atoms with Crippen LogP contribution in [0.4, 0.5) is 11.4 Å². The van der Waals surface area contributed by atoms with Crippen LogP contribution in [0.5, 0.6) is 0 Å². The molecule has 2 rings (SSSR count). The minimum atomic E-state index is 0.0698. The third-order valence-corrected chi connectivity index (χ3v) is 2.67. The number of piperazine rings is 1. The number of rotatable bonds is 1.